The van der Waals surface area contributed by atoms with E-state index in [1.807, 2.05) is 6.07 Å². The first-order valence-corrected chi connectivity index (χ1v) is 7.80. The normalized spacial score (nSPS) is 10.4. The Kier molecular flexibility index (Phi) is 4.81. The van der Waals surface area contributed by atoms with Crippen LogP contribution in [0.1, 0.15) is 26.4 Å². The van der Waals surface area contributed by atoms with Gasteiger partial charge >= 0.3 is 0 Å². The van der Waals surface area contributed by atoms with Gasteiger partial charge in [0.2, 0.25) is 5.91 Å². The molecule has 1 heterocycles. The number of nitrogens with one attached hydrogen (secondary N) is 1. The highest BCUT2D eigenvalue weighted by molar-refractivity contribution is 6.30. The van der Waals surface area contributed by atoms with E-state index in [-0.39, 0.29) is 18.1 Å². The summed E-state index contributed by atoms with van der Waals surface area (Å²) in [6.07, 6.45) is 0. The summed E-state index contributed by atoms with van der Waals surface area (Å²) in [4.78, 5) is 23.2. The van der Waals surface area contributed by atoms with E-state index in [2.05, 4.69) is 10.5 Å². The van der Waals surface area contributed by atoms with Crippen molar-refractivity contribution in [1.29, 1.82) is 0 Å². The molecule has 0 radical (unpaired) electrons. The maximum atomic E-state index is 12.2. The first kappa shape index (κ1) is 16.7. The number of nitrogens with zero attached hydrogens (tertiary/aromatic N) is 1. The monoisotopic (exact) mass is 355 g/mol. The van der Waals surface area contributed by atoms with E-state index >= 15 is 0 Å². The highest BCUT2D eigenvalue weighted by atomic mass is 35.5. The molecule has 6 nitrogen and oxygen atoms in total. The first-order valence-electron chi connectivity index (χ1n) is 7.42. The van der Waals surface area contributed by atoms with Crippen LogP contribution in [0.5, 0.6) is 0 Å². The Balaban J connectivity index is 1.65. The zero-order valence-corrected chi connectivity index (χ0v) is 13.8. The summed E-state index contributed by atoms with van der Waals surface area (Å²) >= 11 is 5.94. The van der Waals surface area contributed by atoms with Gasteiger partial charge in [-0.1, -0.05) is 41.0 Å². The van der Waals surface area contributed by atoms with Gasteiger partial charge in [-0.3, -0.25) is 9.59 Å². The Bertz CT molecular complexity index is 919. The molecule has 0 spiro atoms. The smallest absolute Gasteiger partial charge is 0.273 e. The summed E-state index contributed by atoms with van der Waals surface area (Å²) in [6.45, 7) is 0.289. The number of primary amides is 1. The minimum absolute atomic E-state index is 0.170. The van der Waals surface area contributed by atoms with Crippen LogP contribution in [-0.2, 0) is 6.54 Å². The van der Waals surface area contributed by atoms with Gasteiger partial charge < -0.3 is 15.6 Å². The number of hydrogen-bond acceptors (Lipinski definition) is 4. The van der Waals surface area contributed by atoms with Crippen LogP contribution in [0.3, 0.4) is 0 Å². The molecule has 0 atom stereocenters. The predicted octanol–water partition coefficient (Wildman–Crippen LogP) is 3.02. The van der Waals surface area contributed by atoms with Crippen molar-refractivity contribution < 1.29 is 14.1 Å². The van der Waals surface area contributed by atoms with Gasteiger partial charge in [-0.2, -0.15) is 0 Å². The molecule has 3 N–H and O–H groups in total. The average Bonchev–Trinajstić information content (AvgIpc) is 3.10. The molecule has 7 heteroatoms. The number of rotatable bonds is 5. The quantitative estimate of drug-likeness (QED) is 0.734. The van der Waals surface area contributed by atoms with Crippen molar-refractivity contribution in [3.63, 3.8) is 0 Å². The van der Waals surface area contributed by atoms with Crippen LogP contribution < -0.4 is 11.1 Å². The SMILES string of the molecule is NC(=O)c1ccc(CNC(=O)c2cc(-c3cccc(Cl)c3)on2)cc1. The van der Waals surface area contributed by atoms with Gasteiger partial charge in [0, 0.05) is 28.8 Å². The Morgan fingerprint density at radius 1 is 1.12 bits per heavy atom. The molecule has 2 amide bonds. The molecule has 25 heavy (non-hydrogen) atoms. The molecular weight excluding hydrogens is 342 g/mol. The fourth-order valence-corrected chi connectivity index (χ4v) is 2.41. The topological polar surface area (TPSA) is 98.2 Å². The number of halogens is 1. The molecule has 0 saturated heterocycles. The summed E-state index contributed by atoms with van der Waals surface area (Å²) in [5.41, 5.74) is 7.34. The number of hydrogen-bond donors (Lipinski definition) is 2. The largest absolute Gasteiger partial charge is 0.366 e. The minimum Gasteiger partial charge on any atom is -0.366 e. The predicted molar refractivity (Wildman–Crippen MR) is 93.1 cm³/mol. The summed E-state index contributed by atoms with van der Waals surface area (Å²) in [5.74, 6) is -0.402. The number of amides is 2. The molecule has 1 aromatic heterocycles. The summed E-state index contributed by atoms with van der Waals surface area (Å²) in [7, 11) is 0. The fraction of sp³-hybridized carbons (Fsp3) is 0.0556. The Morgan fingerprint density at radius 3 is 2.56 bits per heavy atom. The molecule has 2 aromatic carbocycles. The van der Waals surface area contributed by atoms with Gasteiger partial charge in [-0.25, -0.2) is 0 Å². The molecule has 3 rings (SSSR count). The number of aromatic nitrogens is 1. The van der Waals surface area contributed by atoms with Crippen LogP contribution in [0.2, 0.25) is 5.02 Å². The van der Waals surface area contributed by atoms with Gasteiger partial charge in [-0.15, -0.1) is 0 Å². The van der Waals surface area contributed by atoms with E-state index < -0.39 is 5.91 Å². The molecule has 0 unspecified atom stereocenters. The van der Waals surface area contributed by atoms with Gasteiger partial charge in [-0.05, 0) is 29.8 Å². The van der Waals surface area contributed by atoms with Crippen molar-refractivity contribution in [3.05, 3.63) is 76.4 Å². The average molecular weight is 356 g/mol. The molecule has 0 aliphatic carbocycles. The lowest BCUT2D eigenvalue weighted by molar-refractivity contribution is 0.0940. The fourth-order valence-electron chi connectivity index (χ4n) is 2.22. The number of carbonyl (C=O) groups excluding carboxylic acids is 2. The number of nitrogens with two attached hydrogens (primary N) is 1. The highest BCUT2D eigenvalue weighted by Crippen LogP contribution is 2.23. The van der Waals surface area contributed by atoms with E-state index in [1.165, 1.54) is 0 Å². The standard InChI is InChI=1S/C18H14ClN3O3/c19-14-3-1-2-13(8-14)16-9-15(22-25-16)18(24)21-10-11-4-6-12(7-5-11)17(20)23/h1-9H,10H2,(H2,20,23)(H,21,24). The second kappa shape index (κ2) is 7.19. The van der Waals surface area contributed by atoms with Crippen molar-refractivity contribution in [2.75, 3.05) is 0 Å². The van der Waals surface area contributed by atoms with Crippen LogP contribution in [0, 0.1) is 0 Å². The third kappa shape index (κ3) is 4.05. The summed E-state index contributed by atoms with van der Waals surface area (Å²) in [5, 5.41) is 7.09. The third-order valence-corrected chi connectivity index (χ3v) is 3.78. The van der Waals surface area contributed by atoms with Crippen molar-refractivity contribution in [2.45, 2.75) is 6.54 Å². The lowest BCUT2D eigenvalue weighted by Gasteiger charge is -2.03. The van der Waals surface area contributed by atoms with Crippen LogP contribution in [0.25, 0.3) is 11.3 Å². The van der Waals surface area contributed by atoms with Crippen molar-refractivity contribution in [1.82, 2.24) is 10.5 Å². The first-order chi connectivity index (χ1) is 12.0. The van der Waals surface area contributed by atoms with E-state index in [4.69, 9.17) is 21.9 Å². The van der Waals surface area contributed by atoms with E-state index in [1.54, 1.807) is 48.5 Å². The molecule has 0 aliphatic heterocycles. The molecule has 0 bridgehead atoms. The molecule has 0 saturated carbocycles. The molecule has 126 valence electrons. The minimum atomic E-state index is -0.494. The number of benzene rings is 2. The lowest BCUT2D eigenvalue weighted by Crippen LogP contribution is -2.23. The highest BCUT2D eigenvalue weighted by Gasteiger charge is 2.13. The molecule has 3 aromatic rings. The van der Waals surface area contributed by atoms with E-state index in [0.717, 1.165) is 11.1 Å². The van der Waals surface area contributed by atoms with Crippen molar-refractivity contribution >= 4 is 23.4 Å². The van der Waals surface area contributed by atoms with Gasteiger partial charge in [0.25, 0.3) is 5.91 Å². The van der Waals surface area contributed by atoms with Crippen LogP contribution in [0.15, 0.2) is 59.1 Å². The van der Waals surface area contributed by atoms with E-state index in [9.17, 15) is 9.59 Å². The zero-order chi connectivity index (χ0) is 17.8. The third-order valence-electron chi connectivity index (χ3n) is 3.54. The Labute approximate surface area is 148 Å². The van der Waals surface area contributed by atoms with Crippen molar-refractivity contribution in [2.24, 2.45) is 5.73 Å². The van der Waals surface area contributed by atoms with Gasteiger partial charge in [0.05, 0.1) is 0 Å². The van der Waals surface area contributed by atoms with E-state index in [0.29, 0.717) is 16.3 Å². The molecule has 0 aliphatic rings. The second-order valence-electron chi connectivity index (χ2n) is 5.33. The van der Waals surface area contributed by atoms with Crippen molar-refractivity contribution in [3.8, 4) is 11.3 Å². The van der Waals surface area contributed by atoms with Crippen LogP contribution in [0.4, 0.5) is 0 Å². The van der Waals surface area contributed by atoms with Crippen LogP contribution in [-0.4, -0.2) is 17.0 Å². The molecule has 0 fully saturated rings. The Morgan fingerprint density at radius 2 is 1.88 bits per heavy atom. The number of carbonyl (C=O) groups is 2. The lowest BCUT2D eigenvalue weighted by atomic mass is 10.1. The summed E-state index contributed by atoms with van der Waals surface area (Å²) < 4.78 is 5.20. The second-order valence-corrected chi connectivity index (χ2v) is 5.77. The van der Waals surface area contributed by atoms with Crippen LogP contribution >= 0.6 is 11.6 Å². The molecular formula is C18H14ClN3O3. The van der Waals surface area contributed by atoms with Gasteiger partial charge in [0.1, 0.15) is 0 Å². The van der Waals surface area contributed by atoms with Gasteiger partial charge in [0.15, 0.2) is 11.5 Å². The maximum Gasteiger partial charge on any atom is 0.273 e. The Hall–Kier alpha value is -3.12. The maximum absolute atomic E-state index is 12.2. The summed E-state index contributed by atoms with van der Waals surface area (Å²) in [6, 6.07) is 15.3. The zero-order valence-electron chi connectivity index (χ0n) is 13.0.